The molecule has 1 aromatic rings. The van der Waals surface area contributed by atoms with Crippen molar-refractivity contribution in [3.8, 4) is 0 Å². The molecule has 0 aliphatic carbocycles. The smallest absolute Gasteiger partial charge is 0.254 e. The van der Waals surface area contributed by atoms with Crippen molar-refractivity contribution in [2.75, 3.05) is 26.3 Å². The Bertz CT molecular complexity index is 537. The van der Waals surface area contributed by atoms with E-state index in [-0.39, 0.29) is 5.91 Å². The molecule has 28 heavy (non-hydrogen) atoms. The highest BCUT2D eigenvalue weighted by Crippen LogP contribution is 2.17. The Hall–Kier alpha value is -1.35. The maximum absolute atomic E-state index is 12.8. The average molecular weight is 388 g/mol. The highest BCUT2D eigenvalue weighted by Gasteiger charge is 2.20. The predicted molar refractivity (Wildman–Crippen MR) is 118 cm³/mol. The number of morpholine rings is 1. The molecule has 0 spiro atoms. The van der Waals surface area contributed by atoms with E-state index in [0.717, 1.165) is 12.0 Å². The van der Waals surface area contributed by atoms with Crippen molar-refractivity contribution in [2.24, 2.45) is 0 Å². The predicted octanol–water partition coefficient (Wildman–Crippen LogP) is 6.40. The lowest BCUT2D eigenvalue weighted by Crippen LogP contribution is -2.41. The summed E-state index contributed by atoms with van der Waals surface area (Å²) in [4.78, 5) is 14.7. The molecule has 0 radical (unpaired) electrons. The molecule has 0 unspecified atom stereocenters. The molecule has 3 heteroatoms. The van der Waals surface area contributed by atoms with Crippen LogP contribution in [0, 0.1) is 0 Å². The summed E-state index contributed by atoms with van der Waals surface area (Å²) in [6.45, 7) is 5.03. The lowest BCUT2D eigenvalue weighted by atomic mass is 9.99. The minimum Gasteiger partial charge on any atom is -0.378 e. The molecule has 0 aromatic heterocycles. The molecule has 0 saturated carbocycles. The molecule has 0 bridgehead atoms. The largest absolute Gasteiger partial charge is 0.378 e. The van der Waals surface area contributed by atoms with Crippen LogP contribution in [0.3, 0.4) is 0 Å². The number of hydrogen-bond acceptors (Lipinski definition) is 2. The van der Waals surface area contributed by atoms with Crippen molar-refractivity contribution >= 4 is 5.91 Å². The van der Waals surface area contributed by atoms with Crippen LogP contribution in [0.15, 0.2) is 24.3 Å². The second kappa shape index (κ2) is 14.6. The van der Waals surface area contributed by atoms with Gasteiger partial charge in [0.2, 0.25) is 0 Å². The molecular formula is C25H41NO2. The van der Waals surface area contributed by atoms with Crippen LogP contribution in [0.25, 0.3) is 0 Å². The topological polar surface area (TPSA) is 29.5 Å². The zero-order valence-electron chi connectivity index (χ0n) is 18.1. The summed E-state index contributed by atoms with van der Waals surface area (Å²) in [7, 11) is 0. The molecule has 1 amide bonds. The Labute approximate surface area is 172 Å². The van der Waals surface area contributed by atoms with Crippen LogP contribution < -0.4 is 0 Å². The van der Waals surface area contributed by atoms with Gasteiger partial charge in [-0.2, -0.15) is 0 Å². The van der Waals surface area contributed by atoms with Crippen LogP contribution in [-0.4, -0.2) is 37.1 Å². The van der Waals surface area contributed by atoms with E-state index in [4.69, 9.17) is 4.74 Å². The Morgan fingerprint density at radius 2 is 1.36 bits per heavy atom. The lowest BCUT2D eigenvalue weighted by Gasteiger charge is -2.27. The van der Waals surface area contributed by atoms with Crippen LogP contribution in [0.4, 0.5) is 0 Å². The molecule has 1 fully saturated rings. The summed E-state index contributed by atoms with van der Waals surface area (Å²) in [6, 6.07) is 8.17. The Kier molecular flexibility index (Phi) is 12.0. The fraction of sp³-hybridized carbons (Fsp3) is 0.720. The van der Waals surface area contributed by atoms with Gasteiger partial charge in [0.15, 0.2) is 0 Å². The molecule has 1 aromatic carbocycles. The van der Waals surface area contributed by atoms with Gasteiger partial charge in [-0.05, 0) is 24.5 Å². The van der Waals surface area contributed by atoms with Gasteiger partial charge in [0.1, 0.15) is 0 Å². The fourth-order valence-corrected chi connectivity index (χ4v) is 4.04. The van der Waals surface area contributed by atoms with E-state index in [1.807, 2.05) is 17.0 Å². The Morgan fingerprint density at radius 1 is 0.821 bits per heavy atom. The number of nitrogens with zero attached hydrogens (tertiary/aromatic N) is 1. The van der Waals surface area contributed by atoms with Crippen molar-refractivity contribution in [1.82, 2.24) is 4.90 Å². The highest BCUT2D eigenvalue weighted by molar-refractivity contribution is 5.95. The lowest BCUT2D eigenvalue weighted by molar-refractivity contribution is 0.0302. The number of amides is 1. The Morgan fingerprint density at radius 3 is 1.96 bits per heavy atom. The van der Waals surface area contributed by atoms with E-state index in [1.54, 1.807) is 0 Å². The molecular weight excluding hydrogens is 346 g/mol. The SMILES string of the molecule is CCCCCCCCCCCCCCc1ccccc1C(=O)N1CCOCC1. The van der Waals surface area contributed by atoms with Gasteiger partial charge in [0, 0.05) is 18.7 Å². The molecule has 158 valence electrons. The number of hydrogen-bond donors (Lipinski definition) is 0. The van der Waals surface area contributed by atoms with Gasteiger partial charge in [-0.1, -0.05) is 95.8 Å². The minimum atomic E-state index is 0.179. The first-order chi connectivity index (χ1) is 13.8. The number of rotatable bonds is 14. The van der Waals surface area contributed by atoms with Crippen molar-refractivity contribution in [3.63, 3.8) is 0 Å². The normalized spacial score (nSPS) is 14.4. The third-order valence-electron chi connectivity index (χ3n) is 5.85. The number of ether oxygens (including phenoxy) is 1. The Balaban J connectivity index is 1.57. The zero-order chi connectivity index (χ0) is 19.9. The second-order valence-electron chi connectivity index (χ2n) is 8.20. The van der Waals surface area contributed by atoms with E-state index in [2.05, 4.69) is 19.1 Å². The van der Waals surface area contributed by atoms with Gasteiger partial charge in [-0.3, -0.25) is 4.79 Å². The number of benzene rings is 1. The van der Waals surface area contributed by atoms with Crippen LogP contribution in [0.5, 0.6) is 0 Å². The van der Waals surface area contributed by atoms with E-state index >= 15 is 0 Å². The van der Waals surface area contributed by atoms with Crippen molar-refractivity contribution in [3.05, 3.63) is 35.4 Å². The summed E-state index contributed by atoms with van der Waals surface area (Å²) >= 11 is 0. The van der Waals surface area contributed by atoms with Crippen molar-refractivity contribution in [2.45, 2.75) is 90.4 Å². The van der Waals surface area contributed by atoms with Crippen LogP contribution in [0.1, 0.15) is 99.9 Å². The van der Waals surface area contributed by atoms with Gasteiger partial charge in [-0.25, -0.2) is 0 Å². The molecule has 0 N–H and O–H groups in total. The van der Waals surface area contributed by atoms with E-state index in [9.17, 15) is 4.79 Å². The molecule has 1 saturated heterocycles. The summed E-state index contributed by atoms with van der Waals surface area (Å²) in [5.41, 5.74) is 2.11. The maximum atomic E-state index is 12.8. The quantitative estimate of drug-likeness (QED) is 0.346. The molecule has 1 aliphatic rings. The van der Waals surface area contributed by atoms with Gasteiger partial charge in [-0.15, -0.1) is 0 Å². The average Bonchev–Trinajstić information content (AvgIpc) is 2.75. The van der Waals surface area contributed by atoms with E-state index in [0.29, 0.717) is 26.3 Å². The van der Waals surface area contributed by atoms with Gasteiger partial charge < -0.3 is 9.64 Å². The molecule has 2 rings (SSSR count). The third kappa shape index (κ3) is 8.77. The van der Waals surface area contributed by atoms with E-state index in [1.165, 1.54) is 82.6 Å². The number of aryl methyl sites for hydroxylation is 1. The zero-order valence-corrected chi connectivity index (χ0v) is 18.1. The summed E-state index contributed by atoms with van der Waals surface area (Å²) < 4.78 is 5.37. The van der Waals surface area contributed by atoms with Crippen molar-refractivity contribution < 1.29 is 9.53 Å². The molecule has 3 nitrogen and oxygen atoms in total. The number of carbonyl (C=O) groups excluding carboxylic acids is 1. The fourth-order valence-electron chi connectivity index (χ4n) is 4.04. The van der Waals surface area contributed by atoms with Gasteiger partial charge in [0.05, 0.1) is 13.2 Å². The van der Waals surface area contributed by atoms with E-state index < -0.39 is 0 Å². The second-order valence-corrected chi connectivity index (χ2v) is 8.20. The van der Waals surface area contributed by atoms with Gasteiger partial charge >= 0.3 is 0 Å². The number of unbranched alkanes of at least 4 members (excludes halogenated alkanes) is 11. The summed E-state index contributed by atoms with van der Waals surface area (Å²) in [5.74, 6) is 0.179. The highest BCUT2D eigenvalue weighted by atomic mass is 16.5. The summed E-state index contributed by atoms with van der Waals surface area (Å²) in [5, 5.41) is 0. The van der Waals surface area contributed by atoms with Crippen LogP contribution >= 0.6 is 0 Å². The van der Waals surface area contributed by atoms with Crippen LogP contribution in [-0.2, 0) is 11.2 Å². The van der Waals surface area contributed by atoms with Crippen LogP contribution in [0.2, 0.25) is 0 Å². The molecule has 1 heterocycles. The minimum absolute atomic E-state index is 0.179. The first-order valence-electron chi connectivity index (χ1n) is 11.8. The summed E-state index contributed by atoms with van der Waals surface area (Å²) in [6.07, 6.45) is 17.4. The molecule has 1 aliphatic heterocycles. The monoisotopic (exact) mass is 387 g/mol. The third-order valence-corrected chi connectivity index (χ3v) is 5.85. The first kappa shape index (κ1) is 22.9. The van der Waals surface area contributed by atoms with Crippen molar-refractivity contribution in [1.29, 1.82) is 0 Å². The first-order valence-corrected chi connectivity index (χ1v) is 11.8. The number of carbonyl (C=O) groups is 1. The maximum Gasteiger partial charge on any atom is 0.254 e. The van der Waals surface area contributed by atoms with Gasteiger partial charge in [0.25, 0.3) is 5.91 Å². The molecule has 0 atom stereocenters. The standard InChI is InChI=1S/C25H41NO2/c1-2-3-4-5-6-7-8-9-10-11-12-13-16-23-17-14-15-18-24(23)25(27)26-19-21-28-22-20-26/h14-15,17-18H,2-13,16,19-22H2,1H3.